The number of nitrogens with zero attached hydrogens (tertiary/aromatic N) is 2. The fourth-order valence-electron chi connectivity index (χ4n) is 1.05. The molecule has 1 aliphatic rings. The molecule has 0 radical (unpaired) electrons. The standard InChI is InChI=1S/C7H13N3O2S/c1-10(7(8)11)9-6-2-4-13(12)5-3-6/h2-5H2,1H3,(H2,8,11). The maximum atomic E-state index is 11.0. The molecule has 13 heavy (non-hydrogen) atoms. The Morgan fingerprint density at radius 3 is 2.54 bits per heavy atom. The van der Waals surface area contributed by atoms with Gasteiger partial charge in [-0.1, -0.05) is 0 Å². The quantitative estimate of drug-likeness (QED) is 0.604. The predicted molar refractivity (Wildman–Crippen MR) is 51.9 cm³/mol. The molecule has 2 N–H and O–H groups in total. The molecule has 1 aliphatic heterocycles. The zero-order chi connectivity index (χ0) is 9.84. The molecule has 0 bridgehead atoms. The van der Waals surface area contributed by atoms with Gasteiger partial charge in [-0.15, -0.1) is 0 Å². The van der Waals surface area contributed by atoms with Crippen molar-refractivity contribution in [2.24, 2.45) is 10.8 Å². The van der Waals surface area contributed by atoms with Crippen LogP contribution in [0.25, 0.3) is 0 Å². The van der Waals surface area contributed by atoms with Crippen molar-refractivity contribution < 1.29 is 9.00 Å². The van der Waals surface area contributed by atoms with Gasteiger partial charge in [-0.3, -0.25) is 4.21 Å². The highest BCUT2D eigenvalue weighted by molar-refractivity contribution is 7.85. The molecule has 0 aliphatic carbocycles. The summed E-state index contributed by atoms with van der Waals surface area (Å²) in [5.74, 6) is 1.29. The Kier molecular flexibility index (Phi) is 3.41. The Labute approximate surface area is 79.4 Å². The number of amides is 2. The van der Waals surface area contributed by atoms with Crippen molar-refractivity contribution in [3.05, 3.63) is 0 Å². The van der Waals surface area contributed by atoms with Gasteiger partial charge in [0.2, 0.25) is 0 Å². The van der Waals surface area contributed by atoms with Crippen molar-refractivity contribution in [1.82, 2.24) is 5.01 Å². The van der Waals surface area contributed by atoms with E-state index in [1.54, 1.807) is 0 Å². The Balaban J connectivity index is 2.52. The second kappa shape index (κ2) is 4.36. The van der Waals surface area contributed by atoms with E-state index in [2.05, 4.69) is 5.10 Å². The van der Waals surface area contributed by atoms with Gasteiger partial charge in [-0.2, -0.15) is 5.10 Å². The molecule has 2 amide bonds. The van der Waals surface area contributed by atoms with Crippen molar-refractivity contribution in [3.63, 3.8) is 0 Å². The van der Waals surface area contributed by atoms with Gasteiger partial charge in [0.1, 0.15) is 0 Å². The molecular weight excluding hydrogens is 190 g/mol. The van der Waals surface area contributed by atoms with Gasteiger partial charge in [-0.05, 0) is 12.8 Å². The van der Waals surface area contributed by atoms with Crippen LogP contribution in [0.15, 0.2) is 5.10 Å². The molecule has 0 saturated carbocycles. The van der Waals surface area contributed by atoms with Crippen LogP contribution in [-0.4, -0.2) is 39.5 Å². The van der Waals surface area contributed by atoms with Gasteiger partial charge < -0.3 is 5.73 Å². The third-order valence-electron chi connectivity index (χ3n) is 1.85. The van der Waals surface area contributed by atoms with Gasteiger partial charge in [0.05, 0.1) is 0 Å². The lowest BCUT2D eigenvalue weighted by Crippen LogP contribution is -2.30. The summed E-state index contributed by atoms with van der Waals surface area (Å²) >= 11 is 0. The predicted octanol–water partition coefficient (Wildman–Crippen LogP) is -0.105. The van der Waals surface area contributed by atoms with E-state index < -0.39 is 16.8 Å². The minimum absolute atomic E-state index is 0.570. The minimum Gasteiger partial charge on any atom is -0.350 e. The third-order valence-corrected chi connectivity index (χ3v) is 3.17. The molecule has 0 unspecified atom stereocenters. The Morgan fingerprint density at radius 2 is 2.08 bits per heavy atom. The number of hydrogen-bond acceptors (Lipinski definition) is 3. The fraction of sp³-hybridized carbons (Fsp3) is 0.714. The van der Waals surface area contributed by atoms with E-state index in [9.17, 15) is 9.00 Å². The van der Waals surface area contributed by atoms with Gasteiger partial charge in [-0.25, -0.2) is 9.80 Å². The first kappa shape index (κ1) is 10.2. The number of hydrazone groups is 1. The number of nitrogens with two attached hydrogens (primary N) is 1. The lowest BCUT2D eigenvalue weighted by molar-refractivity contribution is 0.220. The van der Waals surface area contributed by atoms with E-state index in [1.165, 1.54) is 7.05 Å². The van der Waals surface area contributed by atoms with Gasteiger partial charge in [0, 0.05) is 35.1 Å². The van der Waals surface area contributed by atoms with Crippen LogP contribution in [0.5, 0.6) is 0 Å². The first-order valence-corrected chi connectivity index (χ1v) is 5.53. The van der Waals surface area contributed by atoms with E-state index in [0.717, 1.165) is 10.7 Å². The van der Waals surface area contributed by atoms with Crippen LogP contribution in [0.3, 0.4) is 0 Å². The molecule has 6 heteroatoms. The van der Waals surface area contributed by atoms with Crippen molar-refractivity contribution in [2.45, 2.75) is 12.8 Å². The molecule has 0 aromatic rings. The Morgan fingerprint density at radius 1 is 1.54 bits per heavy atom. The summed E-state index contributed by atoms with van der Waals surface area (Å²) in [7, 11) is 0.813. The SMILES string of the molecule is CN(N=C1CCS(=O)CC1)C(N)=O. The van der Waals surface area contributed by atoms with Crippen molar-refractivity contribution in [1.29, 1.82) is 0 Å². The number of carbonyl (C=O) groups excluding carboxylic acids is 1. The zero-order valence-corrected chi connectivity index (χ0v) is 8.34. The second-order valence-corrected chi connectivity index (χ2v) is 4.57. The molecule has 74 valence electrons. The topological polar surface area (TPSA) is 75.8 Å². The lowest BCUT2D eigenvalue weighted by atomic mass is 10.2. The highest BCUT2D eigenvalue weighted by Gasteiger charge is 2.13. The summed E-state index contributed by atoms with van der Waals surface area (Å²) < 4.78 is 11.0. The van der Waals surface area contributed by atoms with Crippen LogP contribution in [0, 0.1) is 0 Å². The van der Waals surface area contributed by atoms with E-state index in [-0.39, 0.29) is 0 Å². The first-order chi connectivity index (χ1) is 6.09. The van der Waals surface area contributed by atoms with Crippen molar-refractivity contribution in [3.8, 4) is 0 Å². The number of urea groups is 1. The van der Waals surface area contributed by atoms with Crippen LogP contribution in [-0.2, 0) is 10.8 Å². The van der Waals surface area contributed by atoms with Crippen LogP contribution < -0.4 is 5.73 Å². The largest absolute Gasteiger partial charge is 0.350 e. The maximum absolute atomic E-state index is 11.0. The maximum Gasteiger partial charge on any atom is 0.334 e. The van der Waals surface area contributed by atoms with Crippen molar-refractivity contribution >= 4 is 22.5 Å². The van der Waals surface area contributed by atoms with E-state index in [1.807, 2.05) is 0 Å². The summed E-state index contributed by atoms with van der Waals surface area (Å²) in [6.45, 7) is 0. The molecule has 0 aromatic carbocycles. The molecule has 0 spiro atoms. The highest BCUT2D eigenvalue weighted by atomic mass is 32.2. The molecule has 1 saturated heterocycles. The molecule has 0 aromatic heterocycles. The monoisotopic (exact) mass is 203 g/mol. The molecule has 5 nitrogen and oxygen atoms in total. The van der Waals surface area contributed by atoms with Crippen molar-refractivity contribution in [2.75, 3.05) is 18.6 Å². The number of hydrogen-bond donors (Lipinski definition) is 1. The van der Waals surface area contributed by atoms with Gasteiger partial charge in [0.15, 0.2) is 0 Å². The highest BCUT2D eigenvalue weighted by Crippen LogP contribution is 2.06. The lowest BCUT2D eigenvalue weighted by Gasteiger charge is -2.15. The third kappa shape index (κ3) is 3.14. The van der Waals surface area contributed by atoms with Crippen LogP contribution in [0.2, 0.25) is 0 Å². The zero-order valence-electron chi connectivity index (χ0n) is 7.52. The first-order valence-electron chi connectivity index (χ1n) is 4.04. The summed E-state index contributed by atoms with van der Waals surface area (Å²) in [5.41, 5.74) is 5.90. The van der Waals surface area contributed by atoms with E-state index >= 15 is 0 Å². The van der Waals surface area contributed by atoms with Gasteiger partial charge in [0.25, 0.3) is 0 Å². The number of carbonyl (C=O) groups is 1. The van der Waals surface area contributed by atoms with Gasteiger partial charge >= 0.3 is 6.03 Å². The molecule has 1 heterocycles. The van der Waals surface area contributed by atoms with Crippen LogP contribution >= 0.6 is 0 Å². The molecule has 1 rings (SSSR count). The van der Waals surface area contributed by atoms with Crippen LogP contribution in [0.1, 0.15) is 12.8 Å². The Hall–Kier alpha value is -0.910. The average molecular weight is 203 g/mol. The smallest absolute Gasteiger partial charge is 0.334 e. The average Bonchev–Trinajstić information content (AvgIpc) is 2.08. The second-order valence-electron chi connectivity index (χ2n) is 2.88. The summed E-state index contributed by atoms with van der Waals surface area (Å²) in [4.78, 5) is 10.6. The fourth-order valence-corrected chi connectivity index (χ4v) is 2.18. The normalized spacial score (nSPS) is 22.5. The summed E-state index contributed by atoms with van der Waals surface area (Å²) in [5, 5.41) is 5.13. The summed E-state index contributed by atoms with van der Waals surface area (Å²) in [6.07, 6.45) is 1.40. The number of rotatable bonds is 1. The minimum atomic E-state index is -0.702. The molecule has 0 atom stereocenters. The molecular formula is C7H13N3O2S. The van der Waals surface area contributed by atoms with E-state index in [0.29, 0.717) is 24.3 Å². The number of primary amides is 1. The Bertz CT molecular complexity index is 252. The van der Waals surface area contributed by atoms with E-state index in [4.69, 9.17) is 5.73 Å². The summed E-state index contributed by atoms with van der Waals surface area (Å²) in [6, 6.07) is -0.570. The molecule has 1 fully saturated rings. The van der Waals surface area contributed by atoms with Crippen LogP contribution in [0.4, 0.5) is 4.79 Å².